The zero-order valence-electron chi connectivity index (χ0n) is 22.2. The van der Waals surface area contributed by atoms with Crippen molar-refractivity contribution in [3.05, 3.63) is 71.8 Å². The van der Waals surface area contributed by atoms with Gasteiger partial charge in [-0.05, 0) is 43.3 Å². The second-order valence-corrected chi connectivity index (χ2v) is 11.5. The third-order valence-electron chi connectivity index (χ3n) is 6.46. The molecule has 1 saturated heterocycles. The Morgan fingerprint density at radius 1 is 1.10 bits per heavy atom. The molecule has 0 aromatic carbocycles. The molecule has 0 bridgehead atoms. The van der Waals surface area contributed by atoms with Crippen molar-refractivity contribution in [1.29, 1.82) is 0 Å². The number of hydrogen-bond donors (Lipinski definition) is 1. The number of alkyl halides is 3. The second-order valence-electron chi connectivity index (χ2n) is 9.55. The highest BCUT2D eigenvalue weighted by atomic mass is 32.2. The molecule has 15 heteroatoms. The zero-order valence-corrected chi connectivity index (χ0v) is 23.0. The van der Waals surface area contributed by atoms with E-state index in [4.69, 9.17) is 0 Å². The fourth-order valence-corrected chi connectivity index (χ4v) is 5.22. The number of nitrogens with zero attached hydrogens (tertiary/aromatic N) is 5. The first kappa shape index (κ1) is 29.0. The fourth-order valence-electron chi connectivity index (χ4n) is 4.29. The first-order valence-corrected chi connectivity index (χ1v) is 14.4. The number of hydrogen-bond acceptors (Lipinski definition) is 9. The molecule has 1 aliphatic rings. The maximum Gasteiger partial charge on any atom is 0.416 e. The van der Waals surface area contributed by atoms with Crippen molar-refractivity contribution in [1.82, 2.24) is 25.3 Å². The monoisotopic (exact) mass is 600 g/mol. The summed E-state index contributed by atoms with van der Waals surface area (Å²) in [4.78, 5) is 43.2. The maximum absolute atomic E-state index is 13.2. The van der Waals surface area contributed by atoms with Gasteiger partial charge in [0.05, 0.1) is 51.8 Å². The summed E-state index contributed by atoms with van der Waals surface area (Å²) in [7, 11) is -3.57. The summed E-state index contributed by atoms with van der Waals surface area (Å²) in [5.74, 6) is -1.14. The average molecular weight is 601 g/mol. The third kappa shape index (κ3) is 6.21. The van der Waals surface area contributed by atoms with Crippen molar-refractivity contribution in [2.45, 2.75) is 30.6 Å². The van der Waals surface area contributed by atoms with Gasteiger partial charge < -0.3 is 10.1 Å². The molecule has 0 radical (unpaired) electrons. The molecule has 0 saturated carbocycles. The van der Waals surface area contributed by atoms with E-state index < -0.39 is 47.1 Å². The van der Waals surface area contributed by atoms with E-state index in [0.717, 1.165) is 11.2 Å². The predicted molar refractivity (Wildman–Crippen MR) is 144 cm³/mol. The molecule has 1 aliphatic heterocycles. The maximum atomic E-state index is 13.2. The zero-order chi connectivity index (χ0) is 30.2. The Labute approximate surface area is 237 Å². The Morgan fingerprint density at radius 3 is 2.60 bits per heavy atom. The molecule has 0 spiro atoms. The molecule has 42 heavy (non-hydrogen) atoms. The first-order valence-electron chi connectivity index (χ1n) is 12.5. The van der Waals surface area contributed by atoms with E-state index in [-0.39, 0.29) is 28.5 Å². The molecule has 2 amide bonds. The summed E-state index contributed by atoms with van der Waals surface area (Å²) in [5, 5.41) is 3.36. The van der Waals surface area contributed by atoms with Gasteiger partial charge in [0.15, 0.2) is 15.9 Å². The standard InChI is InChI=1S/C27H23F3N6O5S/c1-15-22(42(2,39)40)8-17(11-31-15)26(38)33-12-18-9-21-16(10-32-18)6-7-20(34-21)19-4-3-5-24(35-19)36-13-23(27(28,29)30)41-14-25(36)37/h3-11,23H,12-14H2,1-2H3,(H,33,38). The van der Waals surface area contributed by atoms with Crippen LogP contribution in [0.3, 0.4) is 0 Å². The fraction of sp³-hybridized carbons (Fsp3) is 0.259. The van der Waals surface area contributed by atoms with Crippen LogP contribution in [-0.2, 0) is 25.9 Å². The number of sulfone groups is 1. The second kappa shape index (κ2) is 11.1. The molecular formula is C27H23F3N6O5S. The number of carbonyl (C=O) groups excluding carboxylic acids is 2. The molecule has 1 unspecified atom stereocenters. The lowest BCUT2D eigenvalue weighted by Gasteiger charge is -2.33. The van der Waals surface area contributed by atoms with Crippen LogP contribution < -0.4 is 10.2 Å². The van der Waals surface area contributed by atoms with Crippen molar-refractivity contribution < 1.29 is 35.9 Å². The number of nitrogens with one attached hydrogen (secondary N) is 1. The van der Waals surface area contributed by atoms with Crippen LogP contribution in [-0.4, -0.2) is 71.9 Å². The first-order chi connectivity index (χ1) is 19.8. The summed E-state index contributed by atoms with van der Waals surface area (Å²) < 4.78 is 68.2. The molecule has 1 fully saturated rings. The number of aryl methyl sites for hydroxylation is 1. The Kier molecular flexibility index (Phi) is 7.64. The normalized spacial score (nSPS) is 16.1. The third-order valence-corrected chi connectivity index (χ3v) is 7.67. The number of rotatable bonds is 6. The average Bonchev–Trinajstić information content (AvgIpc) is 2.94. The lowest BCUT2D eigenvalue weighted by Crippen LogP contribution is -2.52. The topological polar surface area (TPSA) is 144 Å². The Hall–Kier alpha value is -4.50. The number of carbonyl (C=O) groups is 2. The van der Waals surface area contributed by atoms with Crippen LogP contribution in [0.2, 0.25) is 0 Å². The van der Waals surface area contributed by atoms with Gasteiger partial charge in [0.25, 0.3) is 11.8 Å². The number of amides is 2. The summed E-state index contributed by atoms with van der Waals surface area (Å²) in [5.41, 5.74) is 2.07. The highest BCUT2D eigenvalue weighted by Crippen LogP contribution is 2.29. The van der Waals surface area contributed by atoms with Crippen LogP contribution in [0, 0.1) is 6.92 Å². The molecular weight excluding hydrogens is 577 g/mol. The van der Waals surface area contributed by atoms with Crippen LogP contribution in [0.15, 0.2) is 59.8 Å². The number of ether oxygens (including phenoxy) is 1. The molecule has 218 valence electrons. The van der Waals surface area contributed by atoms with Crippen molar-refractivity contribution in [2.75, 3.05) is 24.3 Å². The van der Waals surface area contributed by atoms with Crippen LogP contribution in [0.5, 0.6) is 0 Å². The summed E-state index contributed by atoms with van der Waals surface area (Å²) in [6.07, 6.45) is -2.85. The smallest absolute Gasteiger partial charge is 0.357 e. The molecule has 5 heterocycles. The molecule has 5 rings (SSSR count). The minimum atomic E-state index is -4.63. The van der Waals surface area contributed by atoms with Gasteiger partial charge in [0.2, 0.25) is 0 Å². The summed E-state index contributed by atoms with van der Waals surface area (Å²) >= 11 is 0. The Balaban J connectivity index is 1.35. The Morgan fingerprint density at radius 2 is 1.86 bits per heavy atom. The van der Waals surface area contributed by atoms with Crippen molar-refractivity contribution in [3.8, 4) is 11.4 Å². The molecule has 4 aromatic heterocycles. The van der Waals surface area contributed by atoms with Gasteiger partial charge in [0, 0.05) is 24.0 Å². The number of pyridine rings is 4. The number of aromatic nitrogens is 4. The number of anilines is 1. The Bertz CT molecular complexity index is 1820. The largest absolute Gasteiger partial charge is 0.416 e. The lowest BCUT2D eigenvalue weighted by molar-refractivity contribution is -0.221. The quantitative estimate of drug-likeness (QED) is 0.353. The predicted octanol–water partition coefficient (Wildman–Crippen LogP) is 3.02. The van der Waals surface area contributed by atoms with Crippen LogP contribution in [0.1, 0.15) is 21.7 Å². The summed E-state index contributed by atoms with van der Waals surface area (Å²) in [6.45, 7) is 0.125. The molecule has 0 aliphatic carbocycles. The number of morpholine rings is 1. The summed E-state index contributed by atoms with van der Waals surface area (Å²) in [6, 6.07) is 11.0. The van der Waals surface area contributed by atoms with Gasteiger partial charge in [-0.1, -0.05) is 6.07 Å². The molecule has 11 nitrogen and oxygen atoms in total. The van der Waals surface area contributed by atoms with E-state index in [1.54, 1.807) is 36.5 Å². The minimum absolute atomic E-state index is 0.00994. The molecule has 1 N–H and O–H groups in total. The molecule has 4 aromatic rings. The van der Waals surface area contributed by atoms with Gasteiger partial charge in [-0.2, -0.15) is 13.2 Å². The van der Waals surface area contributed by atoms with Gasteiger partial charge in [0.1, 0.15) is 12.4 Å². The highest BCUT2D eigenvalue weighted by molar-refractivity contribution is 7.90. The van der Waals surface area contributed by atoms with Gasteiger partial charge in [-0.15, -0.1) is 0 Å². The van der Waals surface area contributed by atoms with Gasteiger partial charge >= 0.3 is 6.18 Å². The van der Waals surface area contributed by atoms with E-state index in [1.807, 2.05) is 0 Å². The van der Waals surface area contributed by atoms with Gasteiger partial charge in [-0.3, -0.25) is 24.5 Å². The van der Waals surface area contributed by atoms with Crippen molar-refractivity contribution >= 4 is 38.4 Å². The van der Waals surface area contributed by atoms with E-state index in [0.29, 0.717) is 28.0 Å². The SMILES string of the molecule is Cc1ncc(C(=O)NCc2cc3nc(-c4cccc(N5CC(C(F)(F)F)OCC5=O)n4)ccc3cn2)cc1S(C)(=O)=O. The number of halogens is 3. The van der Waals surface area contributed by atoms with Gasteiger partial charge in [-0.25, -0.2) is 18.4 Å². The molecule has 1 atom stereocenters. The van der Waals surface area contributed by atoms with Crippen LogP contribution in [0.4, 0.5) is 19.0 Å². The minimum Gasteiger partial charge on any atom is -0.357 e. The lowest BCUT2D eigenvalue weighted by atomic mass is 10.1. The van der Waals surface area contributed by atoms with Crippen LogP contribution in [0.25, 0.3) is 22.3 Å². The number of fused-ring (bicyclic) bond motifs is 1. The van der Waals surface area contributed by atoms with E-state index in [2.05, 4.69) is 30.0 Å². The van der Waals surface area contributed by atoms with Crippen molar-refractivity contribution in [3.63, 3.8) is 0 Å². The van der Waals surface area contributed by atoms with E-state index in [1.165, 1.54) is 25.3 Å². The van der Waals surface area contributed by atoms with Crippen molar-refractivity contribution in [2.24, 2.45) is 0 Å². The van der Waals surface area contributed by atoms with Crippen LogP contribution >= 0.6 is 0 Å². The van der Waals surface area contributed by atoms with E-state index in [9.17, 15) is 31.2 Å². The van der Waals surface area contributed by atoms with E-state index >= 15 is 0 Å². The highest BCUT2D eigenvalue weighted by Gasteiger charge is 2.45.